The lowest BCUT2D eigenvalue weighted by atomic mass is 9.90. The predicted molar refractivity (Wildman–Crippen MR) is 87.4 cm³/mol. The largest absolute Gasteiger partial charge is 0.377 e. The summed E-state index contributed by atoms with van der Waals surface area (Å²) in [5.74, 6) is -0.286. The van der Waals surface area contributed by atoms with Crippen LogP contribution in [0.15, 0.2) is 18.2 Å². The quantitative estimate of drug-likeness (QED) is 0.894. The van der Waals surface area contributed by atoms with Gasteiger partial charge >= 0.3 is 0 Å². The van der Waals surface area contributed by atoms with Crippen molar-refractivity contribution < 1.29 is 4.39 Å². The number of hydrogen-bond donors (Lipinski definition) is 2. The van der Waals surface area contributed by atoms with Crippen molar-refractivity contribution in [2.45, 2.75) is 44.7 Å². The van der Waals surface area contributed by atoms with Crippen LogP contribution >= 0.6 is 11.6 Å². The predicted octanol–water partition coefficient (Wildman–Crippen LogP) is 3.48. The number of likely N-dealkylation sites (tertiary alicyclic amines) is 1. The summed E-state index contributed by atoms with van der Waals surface area (Å²) in [6.07, 6.45) is 2.99. The monoisotopic (exact) mass is 313 g/mol. The van der Waals surface area contributed by atoms with Gasteiger partial charge < -0.3 is 16.0 Å². The Balaban J connectivity index is 2.16. The van der Waals surface area contributed by atoms with Crippen LogP contribution in [0.1, 0.15) is 33.1 Å². The molecule has 0 aromatic heterocycles. The number of hydrogen-bond acceptors (Lipinski definition) is 3. The molecule has 1 fully saturated rings. The van der Waals surface area contributed by atoms with E-state index in [4.69, 9.17) is 17.3 Å². The van der Waals surface area contributed by atoms with Crippen molar-refractivity contribution in [1.29, 1.82) is 0 Å². The maximum atomic E-state index is 13.4. The summed E-state index contributed by atoms with van der Waals surface area (Å²) in [5.41, 5.74) is 6.48. The molecule has 1 aromatic carbocycles. The van der Waals surface area contributed by atoms with Gasteiger partial charge in [-0.25, -0.2) is 4.39 Å². The molecule has 2 rings (SSSR count). The zero-order chi connectivity index (χ0) is 15.5. The molecular formula is C16H25ClFN3. The van der Waals surface area contributed by atoms with Gasteiger partial charge in [-0.15, -0.1) is 0 Å². The van der Waals surface area contributed by atoms with Crippen molar-refractivity contribution >= 4 is 17.3 Å². The summed E-state index contributed by atoms with van der Waals surface area (Å²) in [4.78, 5) is 2.46. The van der Waals surface area contributed by atoms with Crippen LogP contribution < -0.4 is 11.1 Å². The highest BCUT2D eigenvalue weighted by molar-refractivity contribution is 6.33. The Morgan fingerprint density at radius 1 is 1.38 bits per heavy atom. The van der Waals surface area contributed by atoms with Crippen LogP contribution in [0.2, 0.25) is 5.02 Å². The van der Waals surface area contributed by atoms with Crippen LogP contribution in [0.4, 0.5) is 10.1 Å². The van der Waals surface area contributed by atoms with Gasteiger partial charge in [0.25, 0.3) is 0 Å². The minimum absolute atomic E-state index is 0.207. The Bertz CT molecular complexity index is 481. The number of anilines is 1. The maximum absolute atomic E-state index is 13.4. The van der Waals surface area contributed by atoms with Gasteiger partial charge in [0.1, 0.15) is 5.82 Å². The molecule has 0 bridgehead atoms. The molecule has 5 heteroatoms. The molecule has 0 radical (unpaired) electrons. The molecule has 1 aliphatic heterocycles. The second kappa shape index (κ2) is 6.95. The zero-order valence-electron chi connectivity index (χ0n) is 12.8. The average Bonchev–Trinajstić information content (AvgIpc) is 2.66. The van der Waals surface area contributed by atoms with Gasteiger partial charge in [0, 0.05) is 19.1 Å². The molecular weight excluding hydrogens is 289 g/mol. The fraction of sp³-hybridized carbons (Fsp3) is 0.625. The van der Waals surface area contributed by atoms with Crippen LogP contribution in [0, 0.1) is 5.82 Å². The third-order valence-electron chi connectivity index (χ3n) is 4.43. The van der Waals surface area contributed by atoms with E-state index in [2.05, 4.69) is 24.1 Å². The molecule has 0 amide bonds. The van der Waals surface area contributed by atoms with E-state index in [0.29, 0.717) is 23.3 Å². The van der Waals surface area contributed by atoms with Gasteiger partial charge in [-0.05, 0) is 57.9 Å². The maximum Gasteiger partial charge on any atom is 0.125 e. The molecule has 1 unspecified atom stereocenters. The third kappa shape index (κ3) is 4.09. The normalized spacial score (nSPS) is 24.1. The molecule has 1 aromatic rings. The second-order valence-corrected chi connectivity index (χ2v) is 6.62. The van der Waals surface area contributed by atoms with Gasteiger partial charge in [-0.1, -0.05) is 11.6 Å². The SMILES string of the molecule is CC(C)N1CCCC(CN)(Nc2cc(F)ccc2Cl)CC1. The van der Waals surface area contributed by atoms with Crippen molar-refractivity contribution in [3.8, 4) is 0 Å². The third-order valence-corrected chi connectivity index (χ3v) is 4.76. The van der Waals surface area contributed by atoms with E-state index < -0.39 is 0 Å². The number of nitrogens with two attached hydrogens (primary N) is 1. The van der Waals surface area contributed by atoms with Gasteiger partial charge in [0.05, 0.1) is 16.2 Å². The van der Waals surface area contributed by atoms with Crippen molar-refractivity contribution in [1.82, 2.24) is 4.90 Å². The fourth-order valence-electron chi connectivity index (χ4n) is 2.99. The van der Waals surface area contributed by atoms with Crippen LogP contribution in [0.5, 0.6) is 0 Å². The lowest BCUT2D eigenvalue weighted by Crippen LogP contribution is -2.46. The standard InChI is InChI=1S/C16H25ClFN3/c1-12(2)21-8-3-6-16(11-19,7-9-21)20-15-10-13(18)4-5-14(15)17/h4-5,10,12,20H,3,6-9,11,19H2,1-2H3. The smallest absolute Gasteiger partial charge is 0.125 e. The Morgan fingerprint density at radius 3 is 2.81 bits per heavy atom. The number of nitrogens with one attached hydrogen (secondary N) is 1. The second-order valence-electron chi connectivity index (χ2n) is 6.22. The van der Waals surface area contributed by atoms with E-state index in [1.165, 1.54) is 12.1 Å². The van der Waals surface area contributed by atoms with Gasteiger partial charge in [0.15, 0.2) is 0 Å². The summed E-state index contributed by atoms with van der Waals surface area (Å²) in [6, 6.07) is 4.94. The Hall–Kier alpha value is -0.840. The van der Waals surface area contributed by atoms with Gasteiger partial charge in [-0.3, -0.25) is 0 Å². The number of halogens is 2. The molecule has 0 saturated carbocycles. The highest BCUT2D eigenvalue weighted by Crippen LogP contribution is 2.31. The molecule has 118 valence electrons. The molecule has 3 nitrogen and oxygen atoms in total. The summed E-state index contributed by atoms with van der Waals surface area (Å²) in [5, 5.41) is 3.97. The highest BCUT2D eigenvalue weighted by Gasteiger charge is 2.32. The molecule has 1 heterocycles. The molecule has 0 aliphatic carbocycles. The van der Waals surface area contributed by atoms with E-state index in [1.54, 1.807) is 6.07 Å². The van der Waals surface area contributed by atoms with Crippen molar-refractivity contribution in [2.24, 2.45) is 5.73 Å². The van der Waals surface area contributed by atoms with Crippen LogP contribution in [-0.2, 0) is 0 Å². The highest BCUT2D eigenvalue weighted by atomic mass is 35.5. The minimum atomic E-state index is -0.286. The van der Waals surface area contributed by atoms with Crippen molar-refractivity contribution in [3.05, 3.63) is 29.0 Å². The molecule has 3 N–H and O–H groups in total. The van der Waals surface area contributed by atoms with Crippen LogP contribution in [0.25, 0.3) is 0 Å². The van der Waals surface area contributed by atoms with E-state index >= 15 is 0 Å². The van der Waals surface area contributed by atoms with E-state index in [-0.39, 0.29) is 11.4 Å². The van der Waals surface area contributed by atoms with E-state index in [0.717, 1.165) is 32.4 Å². The van der Waals surface area contributed by atoms with E-state index in [1.807, 2.05) is 0 Å². The van der Waals surface area contributed by atoms with Gasteiger partial charge in [0.2, 0.25) is 0 Å². The molecule has 0 spiro atoms. The molecule has 1 atom stereocenters. The van der Waals surface area contributed by atoms with E-state index in [9.17, 15) is 4.39 Å². The number of benzene rings is 1. The zero-order valence-corrected chi connectivity index (χ0v) is 13.6. The lowest BCUT2D eigenvalue weighted by Gasteiger charge is -2.34. The lowest BCUT2D eigenvalue weighted by molar-refractivity contribution is 0.227. The summed E-state index contributed by atoms with van der Waals surface area (Å²) < 4.78 is 13.4. The first kappa shape index (κ1) is 16.5. The van der Waals surface area contributed by atoms with Crippen molar-refractivity contribution in [3.63, 3.8) is 0 Å². The summed E-state index contributed by atoms with van der Waals surface area (Å²) >= 11 is 6.17. The van der Waals surface area contributed by atoms with Crippen LogP contribution in [-0.4, -0.2) is 36.1 Å². The Labute approximate surface area is 131 Å². The first-order valence-corrected chi connectivity index (χ1v) is 8.01. The van der Waals surface area contributed by atoms with Crippen molar-refractivity contribution in [2.75, 3.05) is 25.0 Å². The molecule has 21 heavy (non-hydrogen) atoms. The number of nitrogens with zero attached hydrogens (tertiary/aromatic N) is 1. The molecule has 1 aliphatic rings. The summed E-state index contributed by atoms with van der Waals surface area (Å²) in [6.45, 7) is 7.02. The van der Waals surface area contributed by atoms with Gasteiger partial charge in [-0.2, -0.15) is 0 Å². The Morgan fingerprint density at radius 2 is 2.14 bits per heavy atom. The average molecular weight is 314 g/mol. The number of rotatable bonds is 4. The summed E-state index contributed by atoms with van der Waals surface area (Å²) in [7, 11) is 0. The first-order valence-electron chi connectivity index (χ1n) is 7.63. The minimum Gasteiger partial charge on any atom is -0.377 e. The fourth-order valence-corrected chi connectivity index (χ4v) is 3.16. The van der Waals surface area contributed by atoms with Crippen LogP contribution in [0.3, 0.4) is 0 Å². The first-order chi connectivity index (χ1) is 9.96. The molecule has 1 saturated heterocycles. The topological polar surface area (TPSA) is 41.3 Å². The Kier molecular flexibility index (Phi) is 5.47.